The first-order valence-corrected chi connectivity index (χ1v) is 5.76. The van der Waals surface area contributed by atoms with Crippen molar-refractivity contribution >= 4 is 11.6 Å². The molecule has 0 saturated carbocycles. The van der Waals surface area contributed by atoms with Crippen LogP contribution in [0.1, 0.15) is 13.3 Å². The SMILES string of the molecule is CCC(CO)(C(O)Cl)[N+](C)(C)CC(O)CO. The maximum Gasteiger partial charge on any atom is 0.185 e. The molecule has 0 heterocycles. The smallest absolute Gasteiger partial charge is 0.185 e. The van der Waals surface area contributed by atoms with Gasteiger partial charge in [0.1, 0.15) is 19.3 Å². The van der Waals surface area contributed by atoms with Crippen LogP contribution >= 0.6 is 11.6 Å². The highest BCUT2D eigenvalue weighted by Gasteiger charge is 2.49. The molecule has 0 fully saturated rings. The molecule has 0 radical (unpaired) electrons. The van der Waals surface area contributed by atoms with Gasteiger partial charge in [0.15, 0.2) is 11.1 Å². The van der Waals surface area contributed by atoms with Gasteiger partial charge in [-0.1, -0.05) is 18.5 Å². The number of hydrogen-bond donors (Lipinski definition) is 4. The molecule has 0 aromatic heterocycles. The fourth-order valence-electron chi connectivity index (χ4n) is 2.03. The average molecular weight is 257 g/mol. The van der Waals surface area contributed by atoms with Crippen LogP contribution in [0.4, 0.5) is 0 Å². The van der Waals surface area contributed by atoms with E-state index in [-0.39, 0.29) is 24.2 Å². The van der Waals surface area contributed by atoms with E-state index in [9.17, 15) is 15.3 Å². The lowest BCUT2D eigenvalue weighted by Gasteiger charge is -2.48. The molecule has 0 bridgehead atoms. The fraction of sp³-hybridized carbons (Fsp3) is 1.00. The van der Waals surface area contributed by atoms with Crippen molar-refractivity contribution in [1.82, 2.24) is 0 Å². The number of aliphatic hydroxyl groups is 4. The first-order chi connectivity index (χ1) is 7.27. The van der Waals surface area contributed by atoms with Gasteiger partial charge in [-0.05, 0) is 0 Å². The standard InChI is InChI=1S/C10H23ClNO4/c1-4-10(7-14,9(11)16)12(2,3)5-8(15)6-13/h8-9,13-16H,4-7H2,1-3H3/q+1. The molecule has 16 heavy (non-hydrogen) atoms. The first-order valence-electron chi connectivity index (χ1n) is 5.32. The molecule has 3 atom stereocenters. The van der Waals surface area contributed by atoms with Crippen LogP contribution in [0.25, 0.3) is 0 Å². The molecule has 0 aromatic carbocycles. The number of rotatable bonds is 7. The van der Waals surface area contributed by atoms with Gasteiger partial charge in [-0.15, -0.1) is 0 Å². The Balaban J connectivity index is 5.02. The van der Waals surface area contributed by atoms with E-state index in [1.54, 1.807) is 14.1 Å². The summed E-state index contributed by atoms with van der Waals surface area (Å²) in [4.78, 5) is 0. The molecule has 5 nitrogen and oxygen atoms in total. The van der Waals surface area contributed by atoms with Crippen molar-refractivity contribution in [2.75, 3.05) is 33.9 Å². The largest absolute Gasteiger partial charge is 0.393 e. The van der Waals surface area contributed by atoms with Crippen LogP contribution in [-0.4, -0.2) is 76.0 Å². The van der Waals surface area contributed by atoms with Gasteiger partial charge in [0.2, 0.25) is 0 Å². The molecule has 0 aromatic rings. The van der Waals surface area contributed by atoms with Crippen molar-refractivity contribution in [3.05, 3.63) is 0 Å². The van der Waals surface area contributed by atoms with E-state index in [1.807, 2.05) is 6.92 Å². The molecule has 4 N–H and O–H groups in total. The third-order valence-electron chi connectivity index (χ3n) is 3.41. The zero-order chi connectivity index (χ0) is 13.0. The molecule has 0 rings (SSSR count). The predicted octanol–water partition coefficient (Wildman–Crippen LogP) is -0.886. The summed E-state index contributed by atoms with van der Waals surface area (Å²) in [7, 11) is 3.51. The average Bonchev–Trinajstić information content (AvgIpc) is 2.18. The van der Waals surface area contributed by atoms with Crippen LogP contribution in [0, 0.1) is 0 Å². The Labute approximate surface area is 101 Å². The summed E-state index contributed by atoms with van der Waals surface area (Å²) in [6.07, 6.45) is -0.442. The highest BCUT2D eigenvalue weighted by atomic mass is 35.5. The second-order valence-electron chi connectivity index (χ2n) is 4.66. The zero-order valence-electron chi connectivity index (χ0n) is 10.1. The number of nitrogens with zero attached hydrogens (tertiary/aromatic N) is 1. The molecular formula is C10H23ClNO4+. The highest BCUT2D eigenvalue weighted by molar-refractivity contribution is 6.20. The van der Waals surface area contributed by atoms with Crippen molar-refractivity contribution in [2.24, 2.45) is 0 Å². The summed E-state index contributed by atoms with van der Waals surface area (Å²) in [5.41, 5.74) is -2.17. The summed E-state index contributed by atoms with van der Waals surface area (Å²) in [5, 5.41) is 37.4. The molecule has 6 heteroatoms. The molecule has 0 saturated heterocycles. The second-order valence-corrected chi connectivity index (χ2v) is 5.07. The normalized spacial score (nSPS) is 20.2. The second kappa shape index (κ2) is 6.14. The number of alkyl halides is 1. The molecule has 3 unspecified atom stereocenters. The van der Waals surface area contributed by atoms with Crippen LogP contribution in [0.5, 0.6) is 0 Å². The Morgan fingerprint density at radius 1 is 1.25 bits per heavy atom. The summed E-state index contributed by atoms with van der Waals surface area (Å²) in [6.45, 7) is 1.37. The van der Waals surface area contributed by atoms with Gasteiger partial charge in [-0.3, -0.25) is 0 Å². The van der Waals surface area contributed by atoms with Crippen molar-refractivity contribution in [3.63, 3.8) is 0 Å². The molecule has 0 aliphatic heterocycles. The Morgan fingerprint density at radius 3 is 2.00 bits per heavy atom. The lowest BCUT2D eigenvalue weighted by molar-refractivity contribution is -0.947. The Morgan fingerprint density at radius 2 is 1.75 bits per heavy atom. The number of halogens is 1. The molecule has 0 aliphatic rings. The van der Waals surface area contributed by atoms with Crippen LogP contribution < -0.4 is 0 Å². The summed E-state index contributed by atoms with van der Waals surface area (Å²) in [5.74, 6) is 0. The molecule has 0 aliphatic carbocycles. The van der Waals surface area contributed by atoms with E-state index in [2.05, 4.69) is 0 Å². The van der Waals surface area contributed by atoms with Gasteiger partial charge in [0.05, 0.1) is 20.7 Å². The Bertz CT molecular complexity index is 207. The summed E-state index contributed by atoms with van der Waals surface area (Å²) in [6, 6.07) is 0. The van der Waals surface area contributed by atoms with Gasteiger partial charge in [0, 0.05) is 6.42 Å². The number of aliphatic hydroxyl groups excluding tert-OH is 4. The highest BCUT2D eigenvalue weighted by Crippen LogP contribution is 2.30. The van der Waals surface area contributed by atoms with Gasteiger partial charge < -0.3 is 24.9 Å². The van der Waals surface area contributed by atoms with Crippen LogP contribution in [0.3, 0.4) is 0 Å². The lowest BCUT2D eigenvalue weighted by atomic mass is 9.92. The monoisotopic (exact) mass is 256 g/mol. The Hall–Kier alpha value is 0.0900. The number of hydrogen-bond acceptors (Lipinski definition) is 4. The maximum absolute atomic E-state index is 9.63. The van der Waals surface area contributed by atoms with Crippen molar-refractivity contribution in [3.8, 4) is 0 Å². The van der Waals surface area contributed by atoms with E-state index in [1.165, 1.54) is 0 Å². The Kier molecular flexibility index (Phi) is 6.17. The van der Waals surface area contributed by atoms with Crippen LogP contribution in [-0.2, 0) is 0 Å². The zero-order valence-corrected chi connectivity index (χ0v) is 10.9. The molecule has 0 amide bonds. The van der Waals surface area contributed by atoms with E-state index in [0.29, 0.717) is 6.42 Å². The first kappa shape index (κ1) is 16.1. The van der Waals surface area contributed by atoms with E-state index in [0.717, 1.165) is 0 Å². The quantitative estimate of drug-likeness (QED) is 0.352. The van der Waals surface area contributed by atoms with Gasteiger partial charge >= 0.3 is 0 Å². The van der Waals surface area contributed by atoms with E-state index in [4.69, 9.17) is 16.7 Å². The summed E-state index contributed by atoms with van der Waals surface area (Å²) < 4.78 is 0.131. The van der Waals surface area contributed by atoms with E-state index < -0.39 is 17.2 Å². The van der Waals surface area contributed by atoms with Gasteiger partial charge in [0.25, 0.3) is 0 Å². The van der Waals surface area contributed by atoms with Crippen LogP contribution in [0.15, 0.2) is 0 Å². The van der Waals surface area contributed by atoms with Gasteiger partial charge in [-0.2, -0.15) is 0 Å². The number of quaternary nitrogens is 1. The minimum atomic E-state index is -1.22. The summed E-state index contributed by atoms with van der Waals surface area (Å²) >= 11 is 5.75. The molecule has 98 valence electrons. The fourth-order valence-corrected chi connectivity index (χ4v) is 2.52. The van der Waals surface area contributed by atoms with Gasteiger partial charge in [-0.25, -0.2) is 0 Å². The van der Waals surface area contributed by atoms with Crippen molar-refractivity contribution < 1.29 is 24.9 Å². The topological polar surface area (TPSA) is 80.9 Å². The number of likely N-dealkylation sites (N-methyl/N-ethyl adjacent to an activating group) is 1. The minimum absolute atomic E-state index is 0.131. The minimum Gasteiger partial charge on any atom is -0.393 e. The van der Waals surface area contributed by atoms with Crippen molar-refractivity contribution in [2.45, 2.75) is 30.6 Å². The molecular weight excluding hydrogens is 234 g/mol. The third-order valence-corrected chi connectivity index (χ3v) is 3.82. The lowest BCUT2D eigenvalue weighted by Crippen LogP contribution is -2.68. The van der Waals surface area contributed by atoms with Crippen LogP contribution in [0.2, 0.25) is 0 Å². The molecule has 0 spiro atoms. The van der Waals surface area contributed by atoms with Crippen molar-refractivity contribution in [1.29, 1.82) is 0 Å². The predicted molar refractivity (Wildman–Crippen MR) is 62.0 cm³/mol. The third kappa shape index (κ3) is 3.06. The maximum atomic E-state index is 9.63. The van der Waals surface area contributed by atoms with E-state index >= 15 is 0 Å².